The molecule has 0 aliphatic carbocycles. The van der Waals surface area contributed by atoms with Crippen LogP contribution in [0.4, 0.5) is 5.95 Å². The van der Waals surface area contributed by atoms with Crippen LogP contribution < -0.4 is 19.1 Å². The number of anilines is 1. The van der Waals surface area contributed by atoms with Crippen LogP contribution in [-0.2, 0) is 15.0 Å². The summed E-state index contributed by atoms with van der Waals surface area (Å²) >= 11 is 0. The number of H-pyrrole nitrogens is 1. The number of imidazole rings is 1. The standard InChI is InChI=1S/C30H30N4O6/c1-30(2,3)18-12-16(9-10-21(18)38-4)26(35)24-25(17-8-7-11-31-15-17)34(28(37)27(24)36)29-32-19-13-22(39-5)23(40-6)14-20(19)33-29/h7-15,25,35H,1-6H3,(H,32,33)/b26-24+. The molecule has 4 aromatic rings. The number of rotatable bonds is 6. The fourth-order valence-corrected chi connectivity index (χ4v) is 4.94. The molecule has 0 saturated carbocycles. The van der Waals surface area contributed by atoms with E-state index in [-0.39, 0.29) is 22.7 Å². The second-order valence-electron chi connectivity index (χ2n) is 10.4. The Morgan fingerprint density at radius 3 is 2.30 bits per heavy atom. The minimum atomic E-state index is -0.988. The van der Waals surface area contributed by atoms with Crippen molar-refractivity contribution < 1.29 is 28.9 Å². The van der Waals surface area contributed by atoms with Crippen molar-refractivity contribution in [3.63, 3.8) is 0 Å². The van der Waals surface area contributed by atoms with E-state index in [1.54, 1.807) is 62.0 Å². The van der Waals surface area contributed by atoms with Gasteiger partial charge in [-0.3, -0.25) is 19.5 Å². The van der Waals surface area contributed by atoms with Crippen molar-refractivity contribution in [2.45, 2.75) is 32.2 Å². The van der Waals surface area contributed by atoms with Gasteiger partial charge in [-0.25, -0.2) is 4.98 Å². The molecule has 2 aromatic heterocycles. The van der Waals surface area contributed by atoms with Crippen LogP contribution in [0, 0.1) is 0 Å². The Bertz CT molecular complexity index is 1610. The Labute approximate surface area is 231 Å². The number of nitrogens with one attached hydrogen (secondary N) is 1. The molecule has 1 fully saturated rings. The van der Waals surface area contributed by atoms with E-state index in [4.69, 9.17) is 14.2 Å². The van der Waals surface area contributed by atoms with E-state index < -0.39 is 17.7 Å². The summed E-state index contributed by atoms with van der Waals surface area (Å²) in [7, 11) is 4.62. The number of ether oxygens (including phenoxy) is 3. The number of carbonyl (C=O) groups excluding carboxylic acids is 2. The number of aromatic nitrogens is 3. The molecule has 206 valence electrons. The summed E-state index contributed by atoms with van der Waals surface area (Å²) < 4.78 is 16.3. The van der Waals surface area contributed by atoms with Crippen LogP contribution in [0.1, 0.15) is 43.5 Å². The van der Waals surface area contributed by atoms with Crippen LogP contribution in [0.25, 0.3) is 16.8 Å². The van der Waals surface area contributed by atoms with Crippen LogP contribution in [0.2, 0.25) is 0 Å². The molecular weight excluding hydrogens is 512 g/mol. The lowest BCUT2D eigenvalue weighted by Crippen LogP contribution is -2.30. The number of hydrogen-bond acceptors (Lipinski definition) is 8. The van der Waals surface area contributed by atoms with Gasteiger partial charge in [0.2, 0.25) is 5.95 Å². The monoisotopic (exact) mass is 542 g/mol. The number of fused-ring (bicyclic) bond motifs is 1. The molecule has 1 atom stereocenters. The highest BCUT2D eigenvalue weighted by atomic mass is 16.5. The van der Waals surface area contributed by atoms with Gasteiger partial charge in [0.05, 0.1) is 44.0 Å². The molecule has 1 unspecified atom stereocenters. The van der Waals surface area contributed by atoms with Gasteiger partial charge in [0.15, 0.2) is 11.5 Å². The third-order valence-electron chi connectivity index (χ3n) is 6.93. The molecule has 0 radical (unpaired) electrons. The zero-order valence-electron chi connectivity index (χ0n) is 23.1. The number of methoxy groups -OCH3 is 3. The fraction of sp³-hybridized carbons (Fsp3) is 0.267. The van der Waals surface area contributed by atoms with Crippen molar-refractivity contribution in [3.8, 4) is 17.2 Å². The molecule has 5 rings (SSSR count). The summed E-state index contributed by atoms with van der Waals surface area (Å²) in [5, 5.41) is 11.6. The number of carbonyl (C=O) groups is 2. The molecule has 1 aliphatic rings. The van der Waals surface area contributed by atoms with Crippen LogP contribution in [0.15, 0.2) is 60.4 Å². The topological polar surface area (TPSA) is 127 Å². The average Bonchev–Trinajstić information content (AvgIpc) is 3.48. The van der Waals surface area contributed by atoms with Crippen LogP contribution in [0.3, 0.4) is 0 Å². The second-order valence-corrected chi connectivity index (χ2v) is 10.4. The Balaban J connectivity index is 1.71. The molecule has 10 nitrogen and oxygen atoms in total. The summed E-state index contributed by atoms with van der Waals surface area (Å²) in [5.74, 6) is -0.250. The molecule has 1 saturated heterocycles. The first-order valence-corrected chi connectivity index (χ1v) is 12.6. The van der Waals surface area contributed by atoms with E-state index >= 15 is 0 Å². The van der Waals surface area contributed by atoms with Crippen molar-refractivity contribution in [2.24, 2.45) is 0 Å². The number of aliphatic hydroxyl groups is 1. The van der Waals surface area contributed by atoms with Crippen molar-refractivity contribution in [2.75, 3.05) is 26.2 Å². The van der Waals surface area contributed by atoms with Gasteiger partial charge >= 0.3 is 5.91 Å². The second kappa shape index (κ2) is 10.0. The lowest BCUT2D eigenvalue weighted by Gasteiger charge is -2.24. The van der Waals surface area contributed by atoms with Gasteiger partial charge in [-0.15, -0.1) is 0 Å². The van der Waals surface area contributed by atoms with Gasteiger partial charge in [-0.1, -0.05) is 26.8 Å². The first kappa shape index (κ1) is 26.7. The molecule has 40 heavy (non-hydrogen) atoms. The normalized spacial score (nSPS) is 16.9. The van der Waals surface area contributed by atoms with Crippen molar-refractivity contribution in [1.29, 1.82) is 0 Å². The molecule has 3 heterocycles. The van der Waals surface area contributed by atoms with Crippen LogP contribution >= 0.6 is 0 Å². The highest BCUT2D eigenvalue weighted by Crippen LogP contribution is 2.43. The molecule has 1 amide bonds. The number of aliphatic hydroxyl groups excluding tert-OH is 1. The number of aromatic amines is 1. The predicted octanol–water partition coefficient (Wildman–Crippen LogP) is 4.91. The zero-order chi connectivity index (χ0) is 28.8. The number of pyridine rings is 1. The Kier molecular flexibility index (Phi) is 6.70. The highest BCUT2D eigenvalue weighted by molar-refractivity contribution is 6.51. The Hall–Kier alpha value is -4.86. The smallest absolute Gasteiger partial charge is 0.302 e. The lowest BCUT2D eigenvalue weighted by atomic mass is 9.84. The van der Waals surface area contributed by atoms with Crippen LogP contribution in [-0.4, -0.2) is 53.1 Å². The van der Waals surface area contributed by atoms with E-state index in [1.807, 2.05) is 20.8 Å². The maximum absolute atomic E-state index is 13.6. The number of hydrogen-bond donors (Lipinski definition) is 2. The predicted molar refractivity (Wildman–Crippen MR) is 150 cm³/mol. The third kappa shape index (κ3) is 4.41. The van der Waals surface area contributed by atoms with E-state index in [0.29, 0.717) is 39.4 Å². The van der Waals surface area contributed by atoms with Gasteiger partial charge in [0, 0.05) is 35.7 Å². The quantitative estimate of drug-likeness (QED) is 0.200. The van der Waals surface area contributed by atoms with Crippen LogP contribution in [0.5, 0.6) is 17.2 Å². The summed E-state index contributed by atoms with van der Waals surface area (Å²) in [6.07, 6.45) is 3.15. The van der Waals surface area contributed by atoms with Crippen molar-refractivity contribution in [3.05, 3.63) is 77.1 Å². The fourth-order valence-electron chi connectivity index (χ4n) is 4.94. The summed E-state index contributed by atoms with van der Waals surface area (Å²) in [6, 6.07) is 11.0. The van der Waals surface area contributed by atoms with Gasteiger partial charge < -0.3 is 24.3 Å². The largest absolute Gasteiger partial charge is 0.507 e. The Morgan fingerprint density at radius 2 is 1.68 bits per heavy atom. The first-order chi connectivity index (χ1) is 19.1. The van der Waals surface area contributed by atoms with E-state index in [9.17, 15) is 14.7 Å². The van der Waals surface area contributed by atoms with E-state index in [0.717, 1.165) is 5.56 Å². The lowest BCUT2D eigenvalue weighted by molar-refractivity contribution is -0.132. The Morgan fingerprint density at radius 1 is 0.975 bits per heavy atom. The average molecular weight is 543 g/mol. The number of nitrogens with zero attached hydrogens (tertiary/aromatic N) is 3. The van der Waals surface area contributed by atoms with Gasteiger partial charge in [0.1, 0.15) is 11.5 Å². The van der Waals surface area contributed by atoms with E-state index in [1.165, 1.54) is 19.1 Å². The first-order valence-electron chi connectivity index (χ1n) is 12.6. The minimum Gasteiger partial charge on any atom is -0.507 e. The number of benzene rings is 2. The molecular formula is C30H30N4O6. The molecule has 10 heteroatoms. The minimum absolute atomic E-state index is 0.0707. The van der Waals surface area contributed by atoms with Crippen molar-refractivity contribution in [1.82, 2.24) is 15.0 Å². The SMILES string of the molecule is COc1cc2nc(N3C(=O)C(=O)/C(=C(/O)c4ccc(OC)c(C(C)(C)C)c4)C3c3cccnc3)[nH]c2cc1OC. The van der Waals surface area contributed by atoms with Gasteiger partial charge in [-0.2, -0.15) is 0 Å². The molecule has 2 aromatic carbocycles. The molecule has 2 N–H and O–H groups in total. The molecule has 0 bridgehead atoms. The maximum atomic E-state index is 13.6. The zero-order valence-corrected chi connectivity index (χ0v) is 23.1. The number of amides is 1. The summed E-state index contributed by atoms with van der Waals surface area (Å²) in [5.41, 5.74) is 2.45. The summed E-state index contributed by atoms with van der Waals surface area (Å²) in [4.78, 5) is 40.3. The van der Waals surface area contributed by atoms with E-state index in [2.05, 4.69) is 15.0 Å². The maximum Gasteiger partial charge on any atom is 0.302 e. The number of ketones is 1. The van der Waals surface area contributed by atoms with Gasteiger partial charge in [0.25, 0.3) is 5.78 Å². The molecule has 0 spiro atoms. The van der Waals surface area contributed by atoms with Gasteiger partial charge in [-0.05, 0) is 35.2 Å². The third-order valence-corrected chi connectivity index (χ3v) is 6.93. The number of Topliss-reactive ketones (excluding diaryl/α,β-unsaturated/α-hetero) is 1. The van der Waals surface area contributed by atoms with Crippen molar-refractivity contribution >= 4 is 34.4 Å². The highest BCUT2D eigenvalue weighted by Gasteiger charge is 2.48. The summed E-state index contributed by atoms with van der Waals surface area (Å²) in [6.45, 7) is 6.07. The molecule has 1 aliphatic heterocycles.